The number of hydrogen-bond acceptors (Lipinski definition) is 2. The molecule has 1 aliphatic rings. The summed E-state index contributed by atoms with van der Waals surface area (Å²) >= 11 is 0. The van der Waals surface area contributed by atoms with Gasteiger partial charge in [-0.2, -0.15) is 0 Å². The fourth-order valence-electron chi connectivity index (χ4n) is 3.86. The summed E-state index contributed by atoms with van der Waals surface area (Å²) in [5.41, 5.74) is 4.69. The number of aromatic nitrogens is 1. The fourth-order valence-corrected chi connectivity index (χ4v) is 3.86. The van der Waals surface area contributed by atoms with Gasteiger partial charge < -0.3 is 14.2 Å². The van der Waals surface area contributed by atoms with Gasteiger partial charge in [0, 0.05) is 35.8 Å². The van der Waals surface area contributed by atoms with Crippen LogP contribution in [-0.4, -0.2) is 41.7 Å². The highest BCUT2D eigenvalue weighted by Crippen LogP contribution is 2.32. The van der Waals surface area contributed by atoms with Gasteiger partial charge in [-0.25, -0.2) is 0 Å². The molecule has 0 unspecified atom stereocenters. The van der Waals surface area contributed by atoms with Gasteiger partial charge in [0.05, 0.1) is 13.2 Å². The second kappa shape index (κ2) is 8.44. The van der Waals surface area contributed by atoms with Gasteiger partial charge in [0.15, 0.2) is 0 Å². The molecule has 0 spiro atoms. The average molecular weight is 374 g/mol. The molecule has 2 aromatic carbocycles. The minimum Gasteiger partial charge on any atom is -0.378 e. The van der Waals surface area contributed by atoms with Crippen molar-refractivity contribution < 1.29 is 9.53 Å². The van der Waals surface area contributed by atoms with Gasteiger partial charge in [0.2, 0.25) is 5.91 Å². The van der Waals surface area contributed by atoms with Gasteiger partial charge in [-0.3, -0.25) is 4.79 Å². The first-order valence-electron chi connectivity index (χ1n) is 9.97. The van der Waals surface area contributed by atoms with E-state index in [-0.39, 0.29) is 5.91 Å². The quantitative estimate of drug-likeness (QED) is 0.666. The Bertz CT molecular complexity index is 982. The summed E-state index contributed by atoms with van der Waals surface area (Å²) in [4.78, 5) is 14.7. The first-order valence-corrected chi connectivity index (χ1v) is 9.97. The summed E-state index contributed by atoms with van der Waals surface area (Å²) in [6, 6.07) is 18.8. The Morgan fingerprint density at radius 2 is 1.75 bits per heavy atom. The van der Waals surface area contributed by atoms with Crippen LogP contribution < -0.4 is 0 Å². The van der Waals surface area contributed by atoms with Crippen molar-refractivity contribution in [2.45, 2.75) is 19.9 Å². The molecule has 0 saturated carbocycles. The molecule has 0 N–H and O–H groups in total. The van der Waals surface area contributed by atoms with Crippen LogP contribution in [0.4, 0.5) is 0 Å². The fraction of sp³-hybridized carbons (Fsp3) is 0.292. The van der Waals surface area contributed by atoms with Crippen LogP contribution >= 0.6 is 0 Å². The highest BCUT2D eigenvalue weighted by molar-refractivity contribution is 5.98. The maximum atomic E-state index is 12.8. The maximum Gasteiger partial charge on any atom is 0.242 e. The van der Waals surface area contributed by atoms with Crippen molar-refractivity contribution in [3.8, 4) is 0 Å². The Hall–Kier alpha value is -2.85. The van der Waals surface area contributed by atoms with E-state index < -0.39 is 0 Å². The van der Waals surface area contributed by atoms with Crippen molar-refractivity contribution in [2.75, 3.05) is 26.3 Å². The highest BCUT2D eigenvalue weighted by atomic mass is 16.5. The molecule has 1 saturated heterocycles. The monoisotopic (exact) mass is 374 g/mol. The van der Waals surface area contributed by atoms with Gasteiger partial charge in [0.1, 0.15) is 6.54 Å². The van der Waals surface area contributed by atoms with Crippen molar-refractivity contribution in [2.24, 2.45) is 0 Å². The normalized spacial score (nSPS) is 15.2. The standard InChI is InChI=1S/C24H26N2O2/c1-2-8-20(19-9-4-3-5-10-19)22-17-26(23-12-7-6-11-21(22)23)18-24(27)25-13-15-28-16-14-25/h3-12,17H,2,13-16,18H2,1H3/b20-8+. The molecule has 0 radical (unpaired) electrons. The van der Waals surface area contributed by atoms with Crippen LogP contribution in [0.1, 0.15) is 24.5 Å². The third-order valence-electron chi connectivity index (χ3n) is 5.24. The molecule has 2 heterocycles. The molecule has 3 aromatic rings. The summed E-state index contributed by atoms with van der Waals surface area (Å²) in [5, 5.41) is 1.18. The van der Waals surface area contributed by atoms with E-state index in [4.69, 9.17) is 4.74 Å². The zero-order chi connectivity index (χ0) is 19.3. The Balaban J connectivity index is 1.73. The number of carbonyl (C=O) groups excluding carboxylic acids is 1. The zero-order valence-electron chi connectivity index (χ0n) is 16.3. The van der Waals surface area contributed by atoms with E-state index in [1.807, 2.05) is 17.0 Å². The second-order valence-corrected chi connectivity index (χ2v) is 7.07. The van der Waals surface area contributed by atoms with Crippen LogP contribution in [0, 0.1) is 0 Å². The molecule has 1 aromatic heterocycles. The lowest BCUT2D eigenvalue weighted by Gasteiger charge is -2.27. The van der Waals surface area contributed by atoms with Gasteiger partial charge in [-0.15, -0.1) is 0 Å². The number of fused-ring (bicyclic) bond motifs is 1. The van der Waals surface area contributed by atoms with E-state index >= 15 is 0 Å². The number of rotatable bonds is 5. The molecule has 28 heavy (non-hydrogen) atoms. The van der Waals surface area contributed by atoms with Gasteiger partial charge in [0.25, 0.3) is 0 Å². The van der Waals surface area contributed by atoms with Crippen molar-refractivity contribution in [1.82, 2.24) is 9.47 Å². The Labute approximate surface area is 166 Å². The highest BCUT2D eigenvalue weighted by Gasteiger charge is 2.19. The predicted molar refractivity (Wildman–Crippen MR) is 113 cm³/mol. The molecule has 1 amide bonds. The van der Waals surface area contributed by atoms with E-state index in [0.717, 1.165) is 11.9 Å². The lowest BCUT2D eigenvalue weighted by molar-refractivity contribution is -0.135. The third kappa shape index (κ3) is 3.73. The summed E-state index contributed by atoms with van der Waals surface area (Å²) < 4.78 is 7.47. The number of morpholine rings is 1. The summed E-state index contributed by atoms with van der Waals surface area (Å²) in [5.74, 6) is 0.149. The summed E-state index contributed by atoms with van der Waals surface area (Å²) in [7, 11) is 0. The van der Waals surface area contributed by atoms with E-state index in [2.05, 4.69) is 66.2 Å². The van der Waals surface area contributed by atoms with Gasteiger partial charge in [-0.1, -0.05) is 61.5 Å². The average Bonchev–Trinajstić information content (AvgIpc) is 3.11. The van der Waals surface area contributed by atoms with Crippen molar-refractivity contribution >= 4 is 22.4 Å². The minimum atomic E-state index is 0.149. The number of allylic oxidation sites excluding steroid dienone is 1. The lowest BCUT2D eigenvalue weighted by atomic mass is 9.96. The van der Waals surface area contributed by atoms with E-state index in [1.54, 1.807) is 0 Å². The number of hydrogen-bond donors (Lipinski definition) is 0. The van der Waals surface area contributed by atoms with Crippen LogP contribution in [0.25, 0.3) is 16.5 Å². The van der Waals surface area contributed by atoms with E-state index in [1.165, 1.54) is 22.1 Å². The predicted octanol–water partition coefficient (Wildman–Crippen LogP) is 4.34. The number of amides is 1. The zero-order valence-corrected chi connectivity index (χ0v) is 16.3. The molecular formula is C24H26N2O2. The van der Waals surface area contributed by atoms with Crippen LogP contribution in [-0.2, 0) is 16.1 Å². The molecule has 4 heteroatoms. The van der Waals surface area contributed by atoms with Crippen molar-refractivity contribution in [3.05, 3.63) is 78.0 Å². The van der Waals surface area contributed by atoms with Crippen LogP contribution in [0.3, 0.4) is 0 Å². The minimum absolute atomic E-state index is 0.149. The number of nitrogens with zero attached hydrogens (tertiary/aromatic N) is 2. The molecule has 1 aliphatic heterocycles. The number of para-hydroxylation sites is 1. The van der Waals surface area contributed by atoms with Crippen molar-refractivity contribution in [3.63, 3.8) is 0 Å². The molecule has 0 bridgehead atoms. The first-order chi connectivity index (χ1) is 13.8. The Morgan fingerprint density at radius 3 is 2.50 bits per heavy atom. The molecule has 0 aliphatic carbocycles. The molecule has 0 atom stereocenters. The molecular weight excluding hydrogens is 348 g/mol. The number of ether oxygens (including phenoxy) is 1. The smallest absolute Gasteiger partial charge is 0.242 e. The number of carbonyl (C=O) groups is 1. The first kappa shape index (κ1) is 18.5. The number of benzene rings is 2. The maximum absolute atomic E-state index is 12.8. The second-order valence-electron chi connectivity index (χ2n) is 7.07. The Morgan fingerprint density at radius 1 is 1.04 bits per heavy atom. The summed E-state index contributed by atoms with van der Waals surface area (Å²) in [6.07, 6.45) is 5.36. The molecule has 4 rings (SSSR count). The van der Waals surface area contributed by atoms with E-state index in [9.17, 15) is 4.79 Å². The SMILES string of the molecule is CC/C=C(\c1ccccc1)c1cn(CC(=O)N2CCOCC2)c2ccccc12. The van der Waals surface area contributed by atoms with Gasteiger partial charge >= 0.3 is 0 Å². The Kier molecular flexibility index (Phi) is 5.58. The topological polar surface area (TPSA) is 34.5 Å². The van der Waals surface area contributed by atoms with Crippen LogP contribution in [0.5, 0.6) is 0 Å². The lowest BCUT2D eigenvalue weighted by Crippen LogP contribution is -2.42. The van der Waals surface area contributed by atoms with Crippen LogP contribution in [0.15, 0.2) is 66.9 Å². The third-order valence-corrected chi connectivity index (χ3v) is 5.24. The van der Waals surface area contributed by atoms with E-state index in [0.29, 0.717) is 32.8 Å². The van der Waals surface area contributed by atoms with Gasteiger partial charge in [-0.05, 0) is 23.6 Å². The van der Waals surface area contributed by atoms with Crippen LogP contribution in [0.2, 0.25) is 0 Å². The molecule has 144 valence electrons. The largest absolute Gasteiger partial charge is 0.378 e. The van der Waals surface area contributed by atoms with Crippen molar-refractivity contribution in [1.29, 1.82) is 0 Å². The molecule has 4 nitrogen and oxygen atoms in total. The molecule has 1 fully saturated rings. The summed E-state index contributed by atoms with van der Waals surface area (Å²) in [6.45, 7) is 5.12.